The minimum atomic E-state index is 0.763. The summed E-state index contributed by atoms with van der Waals surface area (Å²) < 4.78 is 24.1. The molecule has 6 heteroatoms. The molecule has 0 fully saturated rings. The molecule has 6 heterocycles. The molecule has 72 heavy (non-hydrogen) atoms. The number of aromatic nitrogens is 4. The molecule has 0 aliphatic carbocycles. The van der Waals surface area contributed by atoms with Crippen LogP contribution in [-0.2, 0) is 0 Å². The second kappa shape index (κ2) is 13.9. The highest BCUT2D eigenvalue weighted by molar-refractivity contribution is 6.20. The van der Waals surface area contributed by atoms with E-state index in [-0.39, 0.29) is 0 Å². The third-order valence-electron chi connectivity index (χ3n) is 15.5. The highest BCUT2D eigenvalue weighted by Gasteiger charge is 2.25. The lowest BCUT2D eigenvalue weighted by atomic mass is 10.1. The summed E-state index contributed by atoms with van der Waals surface area (Å²) in [4.78, 5) is 0. The van der Waals surface area contributed by atoms with Crippen LogP contribution in [0.4, 0.5) is 0 Å². The maximum Gasteiger partial charge on any atom is 0.159 e. The van der Waals surface area contributed by atoms with Crippen molar-refractivity contribution in [3.05, 3.63) is 231 Å². The van der Waals surface area contributed by atoms with E-state index >= 15 is 0 Å². The normalized spacial score (nSPS) is 12.4. The van der Waals surface area contributed by atoms with Crippen LogP contribution in [-0.4, -0.2) is 18.3 Å². The molecule has 0 spiro atoms. The molecule has 0 saturated carbocycles. The van der Waals surface area contributed by atoms with E-state index in [4.69, 9.17) is 8.83 Å². The number of furan rings is 2. The van der Waals surface area contributed by atoms with Crippen LogP contribution >= 0.6 is 0 Å². The van der Waals surface area contributed by atoms with Crippen molar-refractivity contribution >= 4 is 131 Å². The highest BCUT2D eigenvalue weighted by Crippen LogP contribution is 2.46. The summed E-state index contributed by atoms with van der Waals surface area (Å²) in [5, 5.41) is 13.7. The lowest BCUT2D eigenvalue weighted by Gasteiger charge is -2.14. The fourth-order valence-electron chi connectivity index (χ4n) is 12.5. The fraction of sp³-hybridized carbons (Fsp3) is 0. The average Bonchev–Trinajstić information content (AvgIpc) is 4.28. The molecule has 6 nitrogen and oxygen atoms in total. The van der Waals surface area contributed by atoms with E-state index in [0.717, 1.165) is 111 Å². The quantitative estimate of drug-likeness (QED) is 0.177. The van der Waals surface area contributed by atoms with Gasteiger partial charge in [0.05, 0.1) is 55.5 Å². The molecule has 0 aliphatic rings. The smallest absolute Gasteiger partial charge is 0.159 e. The number of benzene rings is 11. The Bertz CT molecular complexity index is 4650. The van der Waals surface area contributed by atoms with Crippen molar-refractivity contribution in [2.45, 2.75) is 0 Å². The Morgan fingerprint density at radius 3 is 0.736 bits per heavy atom. The van der Waals surface area contributed by atoms with E-state index in [1.807, 2.05) is 0 Å². The minimum Gasteiger partial charge on any atom is -0.454 e. The zero-order chi connectivity index (χ0) is 46.8. The first-order chi connectivity index (χ1) is 35.7. The zero-order valence-electron chi connectivity index (χ0n) is 38.5. The van der Waals surface area contributed by atoms with Gasteiger partial charge < -0.3 is 27.1 Å². The van der Waals surface area contributed by atoms with Crippen molar-refractivity contribution in [2.75, 3.05) is 0 Å². The van der Waals surface area contributed by atoms with E-state index in [2.05, 4.69) is 249 Å². The Balaban J connectivity index is 1.02. The number of nitrogens with zero attached hydrogens (tertiary/aromatic N) is 4. The van der Waals surface area contributed by atoms with Crippen molar-refractivity contribution in [1.82, 2.24) is 18.3 Å². The summed E-state index contributed by atoms with van der Waals surface area (Å²) in [7, 11) is 0. The Kier molecular flexibility index (Phi) is 7.38. The first kappa shape index (κ1) is 38.1. The molecule has 0 atom stereocenters. The zero-order valence-corrected chi connectivity index (χ0v) is 38.5. The summed E-state index contributed by atoms with van der Waals surface area (Å²) in [5.41, 5.74) is 16.3. The predicted octanol–water partition coefficient (Wildman–Crippen LogP) is 17.9. The number of rotatable bonds is 4. The first-order valence-electron chi connectivity index (χ1n) is 24.6. The van der Waals surface area contributed by atoms with Gasteiger partial charge in [0.15, 0.2) is 11.2 Å². The van der Waals surface area contributed by atoms with Gasteiger partial charge in [0.25, 0.3) is 0 Å². The highest BCUT2D eigenvalue weighted by atomic mass is 16.3. The van der Waals surface area contributed by atoms with Crippen molar-refractivity contribution in [2.24, 2.45) is 0 Å². The molecule has 11 aromatic carbocycles. The van der Waals surface area contributed by atoms with E-state index in [9.17, 15) is 0 Å². The molecule has 0 radical (unpaired) electrons. The molecule has 334 valence electrons. The Hall–Kier alpha value is -9.78. The van der Waals surface area contributed by atoms with Gasteiger partial charge in [0, 0.05) is 82.1 Å². The van der Waals surface area contributed by atoms with Gasteiger partial charge in [0.2, 0.25) is 0 Å². The Labute approximate surface area is 409 Å². The monoisotopic (exact) mass is 918 g/mol. The molecule has 0 N–H and O–H groups in total. The predicted molar refractivity (Wildman–Crippen MR) is 298 cm³/mol. The molecule has 6 aromatic heterocycles. The van der Waals surface area contributed by atoms with Crippen LogP contribution in [0, 0.1) is 0 Å². The summed E-state index contributed by atoms with van der Waals surface area (Å²) in [6.07, 6.45) is 0. The van der Waals surface area contributed by atoms with Gasteiger partial charge in [-0.1, -0.05) is 146 Å². The van der Waals surface area contributed by atoms with Crippen LogP contribution in [0.2, 0.25) is 0 Å². The van der Waals surface area contributed by atoms with Crippen molar-refractivity contribution in [3.8, 4) is 22.7 Å². The lowest BCUT2D eigenvalue weighted by Crippen LogP contribution is -1.99. The topological polar surface area (TPSA) is 46.0 Å². The van der Waals surface area contributed by atoms with Crippen molar-refractivity contribution in [1.29, 1.82) is 0 Å². The third-order valence-corrected chi connectivity index (χ3v) is 15.5. The largest absolute Gasteiger partial charge is 0.454 e. The molecule has 17 aromatic rings. The number of para-hydroxylation sites is 8. The number of hydrogen-bond acceptors (Lipinski definition) is 2. The van der Waals surface area contributed by atoms with Gasteiger partial charge >= 0.3 is 0 Å². The van der Waals surface area contributed by atoms with Gasteiger partial charge in [-0.25, -0.2) is 0 Å². The van der Waals surface area contributed by atoms with E-state index < -0.39 is 0 Å². The molecular formula is C66H38N4O2. The molecule has 0 saturated heterocycles. The second-order valence-corrected chi connectivity index (χ2v) is 19.2. The SMILES string of the molecule is c1ccc2c(c1)c1ccccc1n2-c1cc(-n2c3ccccc3c3ccccc32)c2oc3cc4oc5c(-n6c7ccccc7c7ccccc76)cc(-n6c7ccccc7c7ccccc76)cc5c4cc3c2c1. The number of fused-ring (bicyclic) bond motifs is 18. The van der Waals surface area contributed by atoms with Crippen LogP contribution in [0.25, 0.3) is 154 Å². The molecular weight excluding hydrogens is 881 g/mol. The van der Waals surface area contributed by atoms with Crippen LogP contribution < -0.4 is 0 Å². The van der Waals surface area contributed by atoms with E-state index in [1.54, 1.807) is 0 Å². The van der Waals surface area contributed by atoms with Gasteiger partial charge in [-0.3, -0.25) is 0 Å². The van der Waals surface area contributed by atoms with Crippen molar-refractivity contribution < 1.29 is 8.83 Å². The van der Waals surface area contributed by atoms with Crippen LogP contribution in [0.1, 0.15) is 0 Å². The average molecular weight is 919 g/mol. The second-order valence-electron chi connectivity index (χ2n) is 19.2. The first-order valence-corrected chi connectivity index (χ1v) is 24.6. The fourth-order valence-corrected chi connectivity index (χ4v) is 12.5. The maximum absolute atomic E-state index is 7.25. The molecule has 17 rings (SSSR count). The Morgan fingerprint density at radius 2 is 0.458 bits per heavy atom. The van der Waals surface area contributed by atoms with Gasteiger partial charge in [-0.05, 0) is 78.9 Å². The standard InChI is InChI=1S/C66H38N4O2/c1-9-25-53-41(17-1)42-18-2-10-26-54(42)67(53)39-33-51-49-37-50-52-34-40(68-55-27-11-3-19-43(55)44-20-4-12-28-56(44)68)36-62(70-59-31-15-7-23-47(59)48-24-8-16-32-60(48)70)66(52)72-64(50)38-63(49)71-65(51)61(35-39)69-57-29-13-5-21-45(57)46-22-6-14-30-58(46)69/h1-38H. The van der Waals surface area contributed by atoms with Crippen molar-refractivity contribution in [3.63, 3.8) is 0 Å². The summed E-state index contributed by atoms with van der Waals surface area (Å²) in [6, 6.07) is 83.5. The summed E-state index contributed by atoms with van der Waals surface area (Å²) in [5.74, 6) is 0. The molecule has 0 bridgehead atoms. The molecule has 0 unspecified atom stereocenters. The third kappa shape index (κ3) is 4.97. The van der Waals surface area contributed by atoms with Gasteiger partial charge in [-0.2, -0.15) is 0 Å². The molecule has 0 amide bonds. The maximum atomic E-state index is 7.25. The van der Waals surface area contributed by atoms with Gasteiger partial charge in [-0.15, -0.1) is 0 Å². The minimum absolute atomic E-state index is 0.763. The van der Waals surface area contributed by atoms with Crippen LogP contribution in [0.15, 0.2) is 239 Å². The van der Waals surface area contributed by atoms with Gasteiger partial charge in [0.1, 0.15) is 11.2 Å². The molecule has 0 aliphatic heterocycles. The van der Waals surface area contributed by atoms with Crippen LogP contribution in [0.3, 0.4) is 0 Å². The van der Waals surface area contributed by atoms with E-state index in [1.165, 1.54) is 43.1 Å². The Morgan fingerprint density at radius 1 is 0.208 bits per heavy atom. The van der Waals surface area contributed by atoms with Crippen LogP contribution in [0.5, 0.6) is 0 Å². The lowest BCUT2D eigenvalue weighted by molar-refractivity contribution is 0.653. The van der Waals surface area contributed by atoms with E-state index in [0.29, 0.717) is 0 Å². The number of hydrogen-bond donors (Lipinski definition) is 0. The summed E-state index contributed by atoms with van der Waals surface area (Å²) in [6.45, 7) is 0. The summed E-state index contributed by atoms with van der Waals surface area (Å²) >= 11 is 0.